The summed E-state index contributed by atoms with van der Waals surface area (Å²) in [4.78, 5) is 12.3. The molecule has 1 heterocycles. The van der Waals surface area contributed by atoms with E-state index in [-0.39, 0.29) is 5.92 Å². The Bertz CT molecular complexity index is 631. The lowest BCUT2D eigenvalue weighted by Crippen LogP contribution is -2.10. The van der Waals surface area contributed by atoms with Gasteiger partial charge in [-0.15, -0.1) is 0 Å². The molecule has 0 saturated heterocycles. The quantitative estimate of drug-likeness (QED) is 0.829. The van der Waals surface area contributed by atoms with E-state index in [0.717, 1.165) is 30.8 Å². The number of carbonyl (C=O) groups excluding carboxylic acids is 1. The molecular weight excluding hydrogens is 260 g/mol. The highest BCUT2D eigenvalue weighted by atomic mass is 16.5. The SMILES string of the molecule is CC(C(=O)CCc1ccc2c(c1)CCO2)c1ccccc1. The van der Waals surface area contributed by atoms with Gasteiger partial charge in [-0.2, -0.15) is 0 Å². The van der Waals surface area contributed by atoms with Crippen molar-refractivity contribution in [3.8, 4) is 5.75 Å². The van der Waals surface area contributed by atoms with Crippen LogP contribution in [0.25, 0.3) is 0 Å². The number of ketones is 1. The lowest BCUT2D eigenvalue weighted by atomic mass is 9.93. The smallest absolute Gasteiger partial charge is 0.140 e. The third-order valence-electron chi connectivity index (χ3n) is 4.20. The zero-order valence-electron chi connectivity index (χ0n) is 12.3. The Hall–Kier alpha value is -2.09. The van der Waals surface area contributed by atoms with Gasteiger partial charge >= 0.3 is 0 Å². The fourth-order valence-electron chi connectivity index (χ4n) is 2.81. The van der Waals surface area contributed by atoms with Crippen LogP contribution in [0.4, 0.5) is 0 Å². The van der Waals surface area contributed by atoms with Gasteiger partial charge in [0.25, 0.3) is 0 Å². The summed E-state index contributed by atoms with van der Waals surface area (Å²) < 4.78 is 5.51. The molecular formula is C19H20O2. The van der Waals surface area contributed by atoms with Crippen molar-refractivity contribution in [2.24, 2.45) is 0 Å². The van der Waals surface area contributed by atoms with E-state index in [4.69, 9.17) is 4.74 Å². The van der Waals surface area contributed by atoms with Gasteiger partial charge in [-0.25, -0.2) is 0 Å². The first-order valence-electron chi connectivity index (χ1n) is 7.56. The predicted octanol–water partition coefficient (Wildman–Crippen LogP) is 3.93. The average Bonchev–Trinajstić information content (AvgIpc) is 3.00. The van der Waals surface area contributed by atoms with Gasteiger partial charge in [0.1, 0.15) is 11.5 Å². The van der Waals surface area contributed by atoms with Crippen molar-refractivity contribution in [1.82, 2.24) is 0 Å². The minimum absolute atomic E-state index is 0.0241. The maximum absolute atomic E-state index is 12.3. The van der Waals surface area contributed by atoms with Crippen molar-refractivity contribution in [1.29, 1.82) is 0 Å². The number of fused-ring (bicyclic) bond motifs is 1. The van der Waals surface area contributed by atoms with Crippen LogP contribution in [0.15, 0.2) is 48.5 Å². The van der Waals surface area contributed by atoms with Crippen molar-refractivity contribution in [3.05, 3.63) is 65.2 Å². The van der Waals surface area contributed by atoms with Gasteiger partial charge in [0, 0.05) is 18.8 Å². The van der Waals surface area contributed by atoms with Gasteiger partial charge in [0.15, 0.2) is 0 Å². The van der Waals surface area contributed by atoms with E-state index in [0.29, 0.717) is 12.2 Å². The van der Waals surface area contributed by atoms with E-state index < -0.39 is 0 Å². The lowest BCUT2D eigenvalue weighted by molar-refractivity contribution is -0.120. The van der Waals surface area contributed by atoms with Gasteiger partial charge in [-0.3, -0.25) is 4.79 Å². The van der Waals surface area contributed by atoms with Crippen LogP contribution in [0.2, 0.25) is 0 Å². The number of Topliss-reactive ketones (excluding diaryl/α,β-unsaturated/α-hetero) is 1. The van der Waals surface area contributed by atoms with Crippen LogP contribution in [0.3, 0.4) is 0 Å². The molecule has 0 N–H and O–H groups in total. The Labute approximate surface area is 125 Å². The summed E-state index contributed by atoms with van der Waals surface area (Å²) in [7, 11) is 0. The highest BCUT2D eigenvalue weighted by Crippen LogP contribution is 2.26. The van der Waals surface area contributed by atoms with Gasteiger partial charge < -0.3 is 4.74 Å². The summed E-state index contributed by atoms with van der Waals surface area (Å²) in [6.07, 6.45) is 2.39. The molecule has 0 saturated carbocycles. The van der Waals surface area contributed by atoms with Crippen molar-refractivity contribution in [2.45, 2.75) is 32.1 Å². The Morgan fingerprint density at radius 1 is 1.19 bits per heavy atom. The van der Waals surface area contributed by atoms with Crippen LogP contribution in [0.1, 0.15) is 36.0 Å². The second-order valence-electron chi connectivity index (χ2n) is 5.64. The molecule has 0 aliphatic carbocycles. The van der Waals surface area contributed by atoms with E-state index in [1.165, 1.54) is 11.1 Å². The minimum atomic E-state index is -0.0241. The monoisotopic (exact) mass is 280 g/mol. The number of hydrogen-bond donors (Lipinski definition) is 0. The average molecular weight is 280 g/mol. The second-order valence-corrected chi connectivity index (χ2v) is 5.64. The molecule has 21 heavy (non-hydrogen) atoms. The predicted molar refractivity (Wildman–Crippen MR) is 83.8 cm³/mol. The molecule has 2 nitrogen and oxygen atoms in total. The van der Waals surface area contributed by atoms with Crippen molar-refractivity contribution >= 4 is 5.78 Å². The summed E-state index contributed by atoms with van der Waals surface area (Å²) >= 11 is 0. The first kappa shape index (κ1) is 13.9. The van der Waals surface area contributed by atoms with E-state index in [2.05, 4.69) is 12.1 Å². The van der Waals surface area contributed by atoms with Crippen molar-refractivity contribution < 1.29 is 9.53 Å². The molecule has 1 atom stereocenters. The Morgan fingerprint density at radius 2 is 2.00 bits per heavy atom. The van der Waals surface area contributed by atoms with Crippen LogP contribution < -0.4 is 4.74 Å². The molecule has 2 aromatic carbocycles. The second kappa shape index (κ2) is 6.13. The van der Waals surface area contributed by atoms with E-state index in [1.54, 1.807) is 0 Å². The molecule has 2 aromatic rings. The summed E-state index contributed by atoms with van der Waals surface area (Å²) in [5, 5.41) is 0. The normalized spacial score (nSPS) is 14.3. The lowest BCUT2D eigenvalue weighted by Gasteiger charge is -2.11. The fraction of sp³-hybridized carbons (Fsp3) is 0.316. The number of aryl methyl sites for hydroxylation is 1. The largest absolute Gasteiger partial charge is 0.493 e. The number of ether oxygens (including phenoxy) is 1. The molecule has 0 spiro atoms. The molecule has 0 aromatic heterocycles. The first-order chi connectivity index (χ1) is 10.2. The first-order valence-corrected chi connectivity index (χ1v) is 7.56. The maximum atomic E-state index is 12.3. The number of carbonyl (C=O) groups is 1. The van der Waals surface area contributed by atoms with Crippen LogP contribution in [0, 0.1) is 0 Å². The van der Waals surface area contributed by atoms with Crippen LogP contribution in [0.5, 0.6) is 5.75 Å². The zero-order valence-corrected chi connectivity index (χ0v) is 12.3. The maximum Gasteiger partial charge on any atom is 0.140 e. The highest BCUT2D eigenvalue weighted by molar-refractivity contribution is 5.85. The Kier molecular flexibility index (Phi) is 4.05. The van der Waals surface area contributed by atoms with Crippen molar-refractivity contribution in [3.63, 3.8) is 0 Å². The molecule has 1 aliphatic heterocycles. The molecule has 3 rings (SSSR count). The molecule has 108 valence electrons. The molecule has 1 unspecified atom stereocenters. The van der Waals surface area contributed by atoms with Gasteiger partial charge in [-0.1, -0.05) is 49.4 Å². The van der Waals surface area contributed by atoms with Crippen molar-refractivity contribution in [2.75, 3.05) is 6.61 Å². The molecule has 0 radical (unpaired) electrons. The van der Waals surface area contributed by atoms with Crippen LogP contribution >= 0.6 is 0 Å². The van der Waals surface area contributed by atoms with Crippen LogP contribution in [-0.4, -0.2) is 12.4 Å². The number of rotatable bonds is 5. The highest BCUT2D eigenvalue weighted by Gasteiger charge is 2.16. The summed E-state index contributed by atoms with van der Waals surface area (Å²) in [6.45, 7) is 2.77. The van der Waals surface area contributed by atoms with Gasteiger partial charge in [-0.05, 0) is 29.2 Å². The Balaban J connectivity index is 1.61. The van der Waals surface area contributed by atoms with E-state index in [9.17, 15) is 4.79 Å². The van der Waals surface area contributed by atoms with E-state index >= 15 is 0 Å². The zero-order chi connectivity index (χ0) is 14.7. The number of hydrogen-bond acceptors (Lipinski definition) is 2. The third-order valence-corrected chi connectivity index (χ3v) is 4.20. The molecule has 0 bridgehead atoms. The van der Waals surface area contributed by atoms with Gasteiger partial charge in [0.05, 0.1) is 6.61 Å². The molecule has 1 aliphatic rings. The van der Waals surface area contributed by atoms with Crippen LogP contribution in [-0.2, 0) is 17.6 Å². The summed E-state index contributed by atoms with van der Waals surface area (Å²) in [5.74, 6) is 1.28. The van der Waals surface area contributed by atoms with Gasteiger partial charge in [0.2, 0.25) is 0 Å². The summed E-state index contributed by atoms with van der Waals surface area (Å²) in [6, 6.07) is 16.3. The molecule has 0 fully saturated rings. The van der Waals surface area contributed by atoms with E-state index in [1.807, 2.05) is 43.3 Å². The molecule has 2 heteroatoms. The Morgan fingerprint density at radius 3 is 2.81 bits per heavy atom. The minimum Gasteiger partial charge on any atom is -0.493 e. The molecule has 0 amide bonds. The topological polar surface area (TPSA) is 26.3 Å². The number of benzene rings is 2. The third kappa shape index (κ3) is 3.15. The fourth-order valence-corrected chi connectivity index (χ4v) is 2.81. The summed E-state index contributed by atoms with van der Waals surface area (Å²) in [5.41, 5.74) is 3.61. The standard InChI is InChI=1S/C19H20O2/c1-14(16-5-3-2-4-6-16)18(20)9-7-15-8-10-19-17(13-15)11-12-21-19/h2-6,8,10,13-14H,7,9,11-12H2,1H3.